The fraction of sp³-hybridized carbons (Fsp3) is 0.333. The number of aromatic nitrogens is 2. The minimum Gasteiger partial charge on any atom is -0.462 e. The van der Waals surface area contributed by atoms with E-state index in [-0.39, 0.29) is 48.3 Å². The molecule has 31 heavy (non-hydrogen) atoms. The van der Waals surface area contributed by atoms with Crippen LogP contribution in [0.1, 0.15) is 22.6 Å². The van der Waals surface area contributed by atoms with Crippen LogP contribution in [-0.4, -0.2) is 41.5 Å². The number of nitrogens with one attached hydrogen (secondary N) is 2. The number of carbonyl (C=O) groups is 1. The Morgan fingerprint density at radius 3 is 2.55 bits per heavy atom. The number of fused-ring (bicyclic) bond motifs is 1. The Kier molecular flexibility index (Phi) is 7.22. The molecule has 4 rings (SSSR count). The first-order valence-electron chi connectivity index (χ1n) is 8.76. The SMILES string of the molecule is CNc1cnc(C(=O)Nc2ccc(F)c([C@@]3(C(F)F)N=C(N)O[C@@H]4C[C@@H]43)c2)nc1.Cl.Cl. The maximum Gasteiger partial charge on any atom is 0.293 e. The number of carbonyl (C=O) groups excluding carboxylic acids is 1. The topological polar surface area (TPSA) is 115 Å². The molecule has 4 N–H and O–H groups in total. The van der Waals surface area contributed by atoms with Crippen LogP contribution < -0.4 is 16.4 Å². The molecule has 0 saturated heterocycles. The molecule has 3 atom stereocenters. The van der Waals surface area contributed by atoms with Gasteiger partial charge < -0.3 is 21.1 Å². The Balaban J connectivity index is 0.00000171. The minimum atomic E-state index is -3.02. The second kappa shape index (κ2) is 9.15. The van der Waals surface area contributed by atoms with Crippen LogP contribution in [0.15, 0.2) is 35.6 Å². The van der Waals surface area contributed by atoms with Gasteiger partial charge in [0.25, 0.3) is 18.4 Å². The molecule has 2 heterocycles. The van der Waals surface area contributed by atoms with Crippen molar-refractivity contribution in [3.8, 4) is 0 Å². The Morgan fingerprint density at radius 1 is 1.26 bits per heavy atom. The highest BCUT2D eigenvalue weighted by Crippen LogP contribution is 2.56. The van der Waals surface area contributed by atoms with Crippen molar-refractivity contribution in [1.29, 1.82) is 0 Å². The smallest absolute Gasteiger partial charge is 0.293 e. The van der Waals surface area contributed by atoms with E-state index >= 15 is 0 Å². The average Bonchev–Trinajstić information content (AvgIpc) is 3.48. The van der Waals surface area contributed by atoms with Crippen LogP contribution in [0.2, 0.25) is 0 Å². The molecule has 2 aromatic rings. The number of hydrogen-bond acceptors (Lipinski definition) is 7. The third kappa shape index (κ3) is 4.33. The van der Waals surface area contributed by atoms with Crippen molar-refractivity contribution in [1.82, 2.24) is 9.97 Å². The monoisotopic (exact) mass is 478 g/mol. The van der Waals surface area contributed by atoms with E-state index in [1.807, 2.05) is 0 Å². The van der Waals surface area contributed by atoms with E-state index in [0.29, 0.717) is 5.69 Å². The molecule has 1 amide bonds. The molecule has 1 aromatic carbocycles. The average molecular weight is 479 g/mol. The summed E-state index contributed by atoms with van der Waals surface area (Å²) in [6, 6.07) is 2.99. The third-order valence-electron chi connectivity index (χ3n) is 5.00. The zero-order valence-corrected chi connectivity index (χ0v) is 17.6. The minimum absolute atomic E-state index is 0. The van der Waals surface area contributed by atoms with Gasteiger partial charge in [-0.15, -0.1) is 24.8 Å². The molecule has 0 radical (unpaired) electrons. The first-order valence-corrected chi connectivity index (χ1v) is 8.76. The van der Waals surface area contributed by atoms with Crippen molar-refractivity contribution in [3.63, 3.8) is 0 Å². The maximum absolute atomic E-state index is 14.6. The molecular weight excluding hydrogens is 460 g/mol. The van der Waals surface area contributed by atoms with Crippen LogP contribution in [0, 0.1) is 11.7 Å². The van der Waals surface area contributed by atoms with Crippen LogP contribution >= 0.6 is 24.8 Å². The highest BCUT2D eigenvalue weighted by atomic mass is 35.5. The van der Waals surface area contributed by atoms with Crippen LogP contribution in [0.25, 0.3) is 0 Å². The molecule has 0 unspecified atom stereocenters. The lowest BCUT2D eigenvalue weighted by atomic mass is 9.84. The van der Waals surface area contributed by atoms with E-state index in [1.165, 1.54) is 18.5 Å². The molecule has 1 aromatic heterocycles. The van der Waals surface area contributed by atoms with Gasteiger partial charge in [-0.3, -0.25) is 4.79 Å². The fourth-order valence-corrected chi connectivity index (χ4v) is 3.47. The Labute approximate surface area is 187 Å². The van der Waals surface area contributed by atoms with Crippen molar-refractivity contribution in [2.75, 3.05) is 17.7 Å². The fourth-order valence-electron chi connectivity index (χ4n) is 3.47. The van der Waals surface area contributed by atoms with Crippen molar-refractivity contribution in [2.24, 2.45) is 16.6 Å². The van der Waals surface area contributed by atoms with Gasteiger partial charge in [-0.2, -0.15) is 0 Å². The van der Waals surface area contributed by atoms with Crippen molar-refractivity contribution in [3.05, 3.63) is 47.8 Å². The predicted octanol–water partition coefficient (Wildman–Crippen LogP) is 2.95. The second-order valence-electron chi connectivity index (χ2n) is 6.77. The predicted molar refractivity (Wildman–Crippen MR) is 113 cm³/mol. The summed E-state index contributed by atoms with van der Waals surface area (Å²) in [5.41, 5.74) is 3.75. The van der Waals surface area contributed by atoms with Crippen LogP contribution in [-0.2, 0) is 10.3 Å². The summed E-state index contributed by atoms with van der Waals surface area (Å²) >= 11 is 0. The number of amidine groups is 1. The van der Waals surface area contributed by atoms with Gasteiger partial charge in [0.15, 0.2) is 5.54 Å². The van der Waals surface area contributed by atoms with E-state index in [0.717, 1.165) is 12.1 Å². The Bertz CT molecular complexity index is 995. The number of nitrogens with two attached hydrogens (primary N) is 1. The van der Waals surface area contributed by atoms with Gasteiger partial charge in [0.2, 0.25) is 5.82 Å². The lowest BCUT2D eigenvalue weighted by molar-refractivity contribution is 0.0177. The van der Waals surface area contributed by atoms with E-state index in [2.05, 4.69) is 25.6 Å². The van der Waals surface area contributed by atoms with E-state index in [9.17, 15) is 18.0 Å². The number of halogens is 5. The molecule has 0 bridgehead atoms. The molecular formula is C18H19Cl2F3N6O2. The van der Waals surface area contributed by atoms with E-state index in [4.69, 9.17) is 10.5 Å². The molecule has 1 fully saturated rings. The van der Waals surface area contributed by atoms with Gasteiger partial charge in [0.1, 0.15) is 11.9 Å². The maximum atomic E-state index is 14.6. The molecule has 1 aliphatic carbocycles. The summed E-state index contributed by atoms with van der Waals surface area (Å²) < 4.78 is 48.0. The lowest BCUT2D eigenvalue weighted by Crippen LogP contribution is -2.43. The number of nitrogens with zero attached hydrogens (tertiary/aromatic N) is 3. The molecule has 13 heteroatoms. The van der Waals surface area contributed by atoms with Gasteiger partial charge in [-0.1, -0.05) is 0 Å². The number of benzene rings is 1. The largest absolute Gasteiger partial charge is 0.462 e. The zero-order valence-electron chi connectivity index (χ0n) is 16.0. The van der Waals surface area contributed by atoms with Gasteiger partial charge in [0.05, 0.1) is 18.1 Å². The zero-order chi connectivity index (χ0) is 20.8. The number of rotatable bonds is 5. The quantitative estimate of drug-likeness (QED) is 0.608. The normalized spacial score (nSPS) is 23.3. The molecule has 1 aliphatic heterocycles. The van der Waals surface area contributed by atoms with Gasteiger partial charge in [0, 0.05) is 24.2 Å². The number of anilines is 2. The number of alkyl halides is 2. The number of amides is 1. The summed E-state index contributed by atoms with van der Waals surface area (Å²) in [6.07, 6.45) is -0.431. The molecule has 168 valence electrons. The summed E-state index contributed by atoms with van der Waals surface area (Å²) in [5.74, 6) is -2.38. The Hall–Kier alpha value is -2.79. The number of aliphatic imine (C=N–C) groups is 1. The van der Waals surface area contributed by atoms with Crippen molar-refractivity contribution < 1.29 is 22.7 Å². The summed E-state index contributed by atoms with van der Waals surface area (Å²) in [5, 5.41) is 5.31. The third-order valence-corrected chi connectivity index (χ3v) is 5.00. The van der Waals surface area contributed by atoms with Gasteiger partial charge in [-0.05, 0) is 24.6 Å². The highest BCUT2D eigenvalue weighted by Gasteiger charge is 2.64. The van der Waals surface area contributed by atoms with Crippen LogP contribution in [0.3, 0.4) is 0 Å². The highest BCUT2D eigenvalue weighted by molar-refractivity contribution is 6.01. The first kappa shape index (κ1) is 24.5. The van der Waals surface area contributed by atoms with Gasteiger partial charge in [-0.25, -0.2) is 28.1 Å². The second-order valence-corrected chi connectivity index (χ2v) is 6.77. The van der Waals surface area contributed by atoms with Crippen LogP contribution in [0.4, 0.5) is 24.5 Å². The molecule has 2 aliphatic rings. The molecule has 0 spiro atoms. The number of ether oxygens (including phenoxy) is 1. The van der Waals surface area contributed by atoms with Gasteiger partial charge >= 0.3 is 0 Å². The summed E-state index contributed by atoms with van der Waals surface area (Å²) in [4.78, 5) is 24.0. The standard InChI is InChI=1S/C18H17F3N6O2.2ClH/c1-23-9-6-24-14(25-7-9)15(28)26-8-2-3-12(19)10(4-8)18(16(20)21)11-5-13(11)29-17(22)27-18;;/h2-4,6-7,11,13,16,23H,5H2,1H3,(H2,22,27)(H,26,28);2*1H/t11-,13+,18+;;/m0../s1. The lowest BCUT2D eigenvalue weighted by Gasteiger charge is -2.33. The van der Waals surface area contributed by atoms with Crippen molar-refractivity contribution in [2.45, 2.75) is 24.5 Å². The van der Waals surface area contributed by atoms with Crippen molar-refractivity contribution >= 4 is 48.1 Å². The summed E-state index contributed by atoms with van der Waals surface area (Å²) in [7, 11) is 1.67. The van der Waals surface area contributed by atoms with E-state index < -0.39 is 41.7 Å². The Morgan fingerprint density at radius 2 is 1.94 bits per heavy atom. The van der Waals surface area contributed by atoms with Crippen LogP contribution in [0.5, 0.6) is 0 Å². The van der Waals surface area contributed by atoms with E-state index in [1.54, 1.807) is 7.05 Å². The molecule has 8 nitrogen and oxygen atoms in total. The molecule has 1 saturated carbocycles. The summed E-state index contributed by atoms with van der Waals surface area (Å²) in [6.45, 7) is 0. The number of hydrogen-bond donors (Lipinski definition) is 3. The first-order chi connectivity index (χ1) is 13.8.